The van der Waals surface area contributed by atoms with E-state index in [1.54, 1.807) is 5.38 Å². The van der Waals surface area contributed by atoms with Crippen molar-refractivity contribution in [1.29, 1.82) is 0 Å². The summed E-state index contributed by atoms with van der Waals surface area (Å²) in [5.41, 5.74) is 1.29. The number of carbonyl (C=O) groups excluding carboxylic acids is 1. The largest absolute Gasteiger partial charge is 0.493 e. The molecule has 0 spiro atoms. The van der Waals surface area contributed by atoms with Crippen LogP contribution in [0.25, 0.3) is 0 Å². The number of hydrogen-bond donors (Lipinski definition) is 3. The molecule has 2 aromatic heterocycles. The number of ether oxygens (including phenoxy) is 4. The maximum atomic E-state index is 13.0. The molecule has 0 aliphatic heterocycles. The van der Waals surface area contributed by atoms with Gasteiger partial charge in [-0.15, -0.1) is 0 Å². The van der Waals surface area contributed by atoms with E-state index in [2.05, 4.69) is 44.7 Å². The van der Waals surface area contributed by atoms with Gasteiger partial charge in [0.2, 0.25) is 17.7 Å². The first-order chi connectivity index (χ1) is 17.8. The zero-order chi connectivity index (χ0) is 26.8. The van der Waals surface area contributed by atoms with Crippen molar-refractivity contribution >= 4 is 28.9 Å². The van der Waals surface area contributed by atoms with Gasteiger partial charge in [0.1, 0.15) is 17.2 Å². The predicted octanol–water partition coefficient (Wildman–Crippen LogP) is 4.50. The SMILES string of the molecule is CCCOc1ccc(C)c(Oc2nc(C(=O)Nc3c(OC)nc(NCCNC(C)C)nc3OC)cs2)c1. The van der Waals surface area contributed by atoms with Crippen LogP contribution >= 0.6 is 11.3 Å². The third kappa shape index (κ3) is 7.92. The molecule has 12 heteroatoms. The van der Waals surface area contributed by atoms with E-state index in [1.165, 1.54) is 25.6 Å². The number of nitrogens with one attached hydrogen (secondary N) is 3. The zero-order valence-electron chi connectivity index (χ0n) is 22.0. The van der Waals surface area contributed by atoms with Crippen LogP contribution in [0.15, 0.2) is 23.6 Å². The summed E-state index contributed by atoms with van der Waals surface area (Å²) in [6.45, 7) is 10.1. The monoisotopic (exact) mass is 530 g/mol. The van der Waals surface area contributed by atoms with E-state index < -0.39 is 5.91 Å². The third-order valence-electron chi connectivity index (χ3n) is 4.97. The summed E-state index contributed by atoms with van der Waals surface area (Å²) in [7, 11) is 2.91. The molecule has 37 heavy (non-hydrogen) atoms. The molecule has 0 saturated carbocycles. The van der Waals surface area contributed by atoms with E-state index in [0.717, 1.165) is 18.5 Å². The van der Waals surface area contributed by atoms with Gasteiger partial charge < -0.3 is 34.9 Å². The van der Waals surface area contributed by atoms with Gasteiger partial charge in [0, 0.05) is 30.6 Å². The Morgan fingerprint density at radius 2 is 1.81 bits per heavy atom. The van der Waals surface area contributed by atoms with Gasteiger partial charge in [0.15, 0.2) is 5.69 Å². The van der Waals surface area contributed by atoms with E-state index in [4.69, 9.17) is 18.9 Å². The van der Waals surface area contributed by atoms with Crippen molar-refractivity contribution in [1.82, 2.24) is 20.3 Å². The number of aryl methyl sites for hydroxylation is 1. The van der Waals surface area contributed by atoms with Crippen LogP contribution in [0.5, 0.6) is 28.5 Å². The zero-order valence-corrected chi connectivity index (χ0v) is 22.8. The molecule has 2 heterocycles. The number of aromatic nitrogens is 3. The number of amides is 1. The summed E-state index contributed by atoms with van der Waals surface area (Å²) < 4.78 is 22.4. The molecule has 3 rings (SSSR count). The van der Waals surface area contributed by atoms with Crippen molar-refractivity contribution in [3.8, 4) is 28.5 Å². The molecule has 0 aliphatic rings. The van der Waals surface area contributed by atoms with Crippen molar-refractivity contribution in [2.75, 3.05) is 44.5 Å². The molecule has 200 valence electrons. The van der Waals surface area contributed by atoms with Gasteiger partial charge in [-0.1, -0.05) is 38.2 Å². The second-order valence-electron chi connectivity index (χ2n) is 8.31. The summed E-state index contributed by atoms with van der Waals surface area (Å²) in [6.07, 6.45) is 0.907. The Morgan fingerprint density at radius 1 is 1.08 bits per heavy atom. The van der Waals surface area contributed by atoms with E-state index in [9.17, 15) is 4.79 Å². The number of hydrogen-bond acceptors (Lipinski definition) is 11. The van der Waals surface area contributed by atoms with Gasteiger partial charge in [-0.2, -0.15) is 15.0 Å². The number of methoxy groups -OCH3 is 2. The van der Waals surface area contributed by atoms with Gasteiger partial charge in [-0.3, -0.25) is 4.79 Å². The minimum atomic E-state index is -0.482. The minimum absolute atomic E-state index is 0.158. The van der Waals surface area contributed by atoms with E-state index in [0.29, 0.717) is 41.8 Å². The molecule has 1 aromatic carbocycles. The van der Waals surface area contributed by atoms with Crippen LogP contribution in [-0.4, -0.2) is 60.8 Å². The van der Waals surface area contributed by atoms with Gasteiger partial charge in [-0.05, 0) is 25.0 Å². The average molecular weight is 531 g/mol. The average Bonchev–Trinajstić information content (AvgIpc) is 3.36. The highest BCUT2D eigenvalue weighted by Gasteiger charge is 2.21. The Bertz CT molecular complexity index is 1160. The number of rotatable bonds is 14. The first-order valence-corrected chi connectivity index (χ1v) is 12.9. The van der Waals surface area contributed by atoms with Crippen LogP contribution in [-0.2, 0) is 0 Å². The molecule has 0 saturated heterocycles. The predicted molar refractivity (Wildman–Crippen MR) is 144 cm³/mol. The normalized spacial score (nSPS) is 10.8. The molecule has 0 fully saturated rings. The van der Waals surface area contributed by atoms with Crippen molar-refractivity contribution in [2.24, 2.45) is 0 Å². The van der Waals surface area contributed by atoms with Crippen LogP contribution < -0.4 is 34.9 Å². The Labute approximate surface area is 220 Å². The molecule has 3 aromatic rings. The molecule has 0 bridgehead atoms. The van der Waals surface area contributed by atoms with Gasteiger partial charge in [0.25, 0.3) is 11.1 Å². The minimum Gasteiger partial charge on any atom is -0.493 e. The molecular weight excluding hydrogens is 496 g/mol. The van der Waals surface area contributed by atoms with Crippen LogP contribution in [0.4, 0.5) is 11.6 Å². The van der Waals surface area contributed by atoms with E-state index in [-0.39, 0.29) is 23.1 Å². The first-order valence-electron chi connectivity index (χ1n) is 12.0. The molecule has 11 nitrogen and oxygen atoms in total. The van der Waals surface area contributed by atoms with E-state index >= 15 is 0 Å². The van der Waals surface area contributed by atoms with E-state index in [1.807, 2.05) is 32.0 Å². The fourth-order valence-corrected chi connectivity index (χ4v) is 3.78. The Kier molecular flexibility index (Phi) is 10.3. The maximum Gasteiger partial charge on any atom is 0.279 e. The summed E-state index contributed by atoms with van der Waals surface area (Å²) in [4.78, 5) is 26.0. The van der Waals surface area contributed by atoms with Crippen LogP contribution in [0.3, 0.4) is 0 Å². The lowest BCUT2D eigenvalue weighted by Gasteiger charge is -2.14. The fourth-order valence-electron chi connectivity index (χ4n) is 3.12. The summed E-state index contributed by atoms with van der Waals surface area (Å²) in [5, 5.41) is 11.1. The molecular formula is C25H34N6O5S. The Balaban J connectivity index is 1.71. The number of anilines is 2. The fraction of sp³-hybridized carbons (Fsp3) is 0.440. The molecule has 0 unspecified atom stereocenters. The van der Waals surface area contributed by atoms with Crippen molar-refractivity contribution in [2.45, 2.75) is 40.2 Å². The standard InChI is InChI=1S/C25H34N6O5S/c1-7-12-35-17-9-8-16(4)19(13-17)36-25-28-18(14-37-25)21(32)29-20-22(33-5)30-24(31-23(20)34-6)27-11-10-26-15(2)3/h8-9,13-15,26H,7,10-12H2,1-6H3,(H,29,32)(H,27,30,31). The summed E-state index contributed by atoms with van der Waals surface area (Å²) in [6, 6.07) is 5.99. The smallest absolute Gasteiger partial charge is 0.279 e. The lowest BCUT2D eigenvalue weighted by Crippen LogP contribution is -2.28. The molecule has 3 N–H and O–H groups in total. The number of carbonyl (C=O) groups is 1. The second-order valence-corrected chi connectivity index (χ2v) is 9.13. The van der Waals surface area contributed by atoms with Crippen LogP contribution in [0.2, 0.25) is 0 Å². The summed E-state index contributed by atoms with van der Waals surface area (Å²) >= 11 is 1.21. The topological polar surface area (TPSA) is 129 Å². The van der Waals surface area contributed by atoms with Crippen molar-refractivity contribution in [3.05, 3.63) is 34.8 Å². The highest BCUT2D eigenvalue weighted by molar-refractivity contribution is 7.11. The number of nitrogens with zero attached hydrogens (tertiary/aromatic N) is 3. The van der Waals surface area contributed by atoms with Gasteiger partial charge >= 0.3 is 0 Å². The molecule has 0 aliphatic carbocycles. The highest BCUT2D eigenvalue weighted by atomic mass is 32.1. The number of benzene rings is 1. The Hall–Kier alpha value is -3.64. The van der Waals surface area contributed by atoms with Crippen LogP contribution in [0, 0.1) is 6.92 Å². The van der Waals surface area contributed by atoms with Crippen molar-refractivity contribution < 1.29 is 23.7 Å². The lowest BCUT2D eigenvalue weighted by atomic mass is 10.2. The number of thiazole rings is 1. The van der Waals surface area contributed by atoms with Crippen LogP contribution in [0.1, 0.15) is 43.2 Å². The Morgan fingerprint density at radius 3 is 2.46 bits per heavy atom. The third-order valence-corrected chi connectivity index (χ3v) is 5.69. The summed E-state index contributed by atoms with van der Waals surface area (Å²) in [5.74, 6) is 1.48. The van der Waals surface area contributed by atoms with Crippen molar-refractivity contribution in [3.63, 3.8) is 0 Å². The maximum absolute atomic E-state index is 13.0. The molecule has 1 amide bonds. The quantitative estimate of drug-likeness (QED) is 0.256. The van der Waals surface area contributed by atoms with Gasteiger partial charge in [-0.25, -0.2) is 0 Å². The first kappa shape index (κ1) is 27.9. The lowest BCUT2D eigenvalue weighted by molar-refractivity contribution is 0.102. The van der Waals surface area contributed by atoms with Gasteiger partial charge in [0.05, 0.1) is 20.8 Å². The highest BCUT2D eigenvalue weighted by Crippen LogP contribution is 2.34. The molecule has 0 atom stereocenters. The second kappa shape index (κ2) is 13.6. The molecule has 0 radical (unpaired) electrons.